The highest BCUT2D eigenvalue weighted by Gasteiger charge is 2.27. The molecule has 0 radical (unpaired) electrons. The Bertz CT molecular complexity index is 1030. The van der Waals surface area contributed by atoms with E-state index in [1.165, 1.54) is 48.9 Å². The van der Waals surface area contributed by atoms with Gasteiger partial charge in [-0.05, 0) is 55.3 Å². The third kappa shape index (κ3) is 4.63. The van der Waals surface area contributed by atoms with Crippen LogP contribution in [0.3, 0.4) is 0 Å². The van der Waals surface area contributed by atoms with Crippen molar-refractivity contribution < 1.29 is 27.5 Å². The molecule has 3 rings (SSSR count). The average molecular weight is 432 g/mol. The summed E-state index contributed by atoms with van der Waals surface area (Å²) in [5, 5.41) is 2.70. The Labute approximate surface area is 175 Å². The topological polar surface area (TPSA) is 102 Å². The number of benzene rings is 2. The van der Waals surface area contributed by atoms with Crippen molar-refractivity contribution in [3.05, 3.63) is 53.6 Å². The molecule has 9 heteroatoms. The van der Waals surface area contributed by atoms with E-state index in [1.54, 1.807) is 12.1 Å². The molecule has 1 N–H and O–H groups in total. The van der Waals surface area contributed by atoms with Crippen molar-refractivity contribution in [3.8, 4) is 5.75 Å². The molecule has 0 spiro atoms. The number of rotatable bonds is 6. The molecule has 1 heterocycles. The van der Waals surface area contributed by atoms with Gasteiger partial charge in [0, 0.05) is 18.8 Å². The van der Waals surface area contributed by atoms with Gasteiger partial charge in [0.25, 0.3) is 5.91 Å². The van der Waals surface area contributed by atoms with Gasteiger partial charge in [0.1, 0.15) is 5.75 Å². The number of ether oxygens (including phenoxy) is 2. The van der Waals surface area contributed by atoms with Crippen LogP contribution in [0.1, 0.15) is 40.0 Å². The maximum atomic E-state index is 13.0. The van der Waals surface area contributed by atoms with Crippen LogP contribution in [0.15, 0.2) is 47.4 Å². The van der Waals surface area contributed by atoms with Gasteiger partial charge in [0.05, 0.1) is 30.2 Å². The molecule has 1 saturated heterocycles. The number of hydrogen-bond donors (Lipinski definition) is 1. The Balaban J connectivity index is 1.86. The van der Waals surface area contributed by atoms with Crippen molar-refractivity contribution in [2.24, 2.45) is 0 Å². The molecular weight excluding hydrogens is 408 g/mol. The Kier molecular flexibility index (Phi) is 6.73. The lowest BCUT2D eigenvalue weighted by molar-refractivity contribution is 0.0600. The maximum absolute atomic E-state index is 13.0. The molecule has 160 valence electrons. The number of sulfonamides is 1. The van der Waals surface area contributed by atoms with Gasteiger partial charge in [-0.1, -0.05) is 6.42 Å². The van der Waals surface area contributed by atoms with Crippen molar-refractivity contribution in [1.82, 2.24) is 4.31 Å². The first-order valence-electron chi connectivity index (χ1n) is 9.54. The van der Waals surface area contributed by atoms with E-state index in [0.717, 1.165) is 19.3 Å². The molecule has 1 aliphatic rings. The minimum Gasteiger partial charge on any atom is -0.496 e. The Morgan fingerprint density at radius 3 is 2.23 bits per heavy atom. The second-order valence-electron chi connectivity index (χ2n) is 6.85. The van der Waals surface area contributed by atoms with Gasteiger partial charge < -0.3 is 14.8 Å². The summed E-state index contributed by atoms with van der Waals surface area (Å²) in [7, 11) is -0.988. The number of esters is 1. The minimum absolute atomic E-state index is 0.0522. The van der Waals surface area contributed by atoms with E-state index in [0.29, 0.717) is 24.3 Å². The first kappa shape index (κ1) is 21.8. The Morgan fingerprint density at radius 2 is 1.63 bits per heavy atom. The lowest BCUT2D eigenvalue weighted by Gasteiger charge is -2.26. The summed E-state index contributed by atoms with van der Waals surface area (Å²) in [6.45, 7) is 0.949. The fraction of sp³-hybridized carbons (Fsp3) is 0.333. The van der Waals surface area contributed by atoms with Crippen LogP contribution in [0.4, 0.5) is 5.69 Å². The fourth-order valence-corrected chi connectivity index (χ4v) is 4.83. The highest BCUT2D eigenvalue weighted by Crippen LogP contribution is 2.27. The Hall–Kier alpha value is -2.91. The first-order valence-corrected chi connectivity index (χ1v) is 11.0. The molecule has 8 nitrogen and oxygen atoms in total. The van der Waals surface area contributed by atoms with E-state index < -0.39 is 21.9 Å². The van der Waals surface area contributed by atoms with Crippen molar-refractivity contribution >= 4 is 27.6 Å². The monoisotopic (exact) mass is 432 g/mol. The number of carbonyl (C=O) groups excluding carboxylic acids is 2. The molecule has 1 amide bonds. The zero-order valence-electron chi connectivity index (χ0n) is 16.9. The lowest BCUT2D eigenvalue weighted by atomic mass is 10.1. The molecule has 2 aromatic rings. The van der Waals surface area contributed by atoms with E-state index in [4.69, 9.17) is 4.74 Å². The molecule has 1 aliphatic heterocycles. The first-order chi connectivity index (χ1) is 14.4. The Morgan fingerprint density at radius 1 is 0.967 bits per heavy atom. The van der Waals surface area contributed by atoms with Crippen molar-refractivity contribution in [1.29, 1.82) is 0 Å². The second-order valence-corrected chi connectivity index (χ2v) is 8.79. The number of anilines is 1. The molecule has 2 aromatic carbocycles. The van der Waals surface area contributed by atoms with Gasteiger partial charge >= 0.3 is 5.97 Å². The van der Waals surface area contributed by atoms with Crippen LogP contribution in [0.25, 0.3) is 0 Å². The zero-order chi connectivity index (χ0) is 21.7. The molecule has 0 atom stereocenters. The number of methoxy groups -OCH3 is 2. The predicted molar refractivity (Wildman–Crippen MR) is 111 cm³/mol. The number of carbonyl (C=O) groups is 2. The predicted octanol–water partition coefficient (Wildman–Crippen LogP) is 2.91. The van der Waals surface area contributed by atoms with Gasteiger partial charge in [-0.2, -0.15) is 4.31 Å². The van der Waals surface area contributed by atoms with Crippen molar-refractivity contribution in [3.63, 3.8) is 0 Å². The molecule has 0 saturated carbocycles. The zero-order valence-corrected chi connectivity index (χ0v) is 17.7. The number of amides is 1. The summed E-state index contributed by atoms with van der Waals surface area (Å²) in [6, 6.07) is 10.4. The number of hydrogen-bond acceptors (Lipinski definition) is 6. The summed E-state index contributed by atoms with van der Waals surface area (Å²) >= 11 is 0. The molecule has 0 bridgehead atoms. The van der Waals surface area contributed by atoms with E-state index in [9.17, 15) is 18.0 Å². The normalized spacial score (nSPS) is 14.7. The van der Waals surface area contributed by atoms with E-state index in [2.05, 4.69) is 10.1 Å². The largest absolute Gasteiger partial charge is 0.496 e. The highest BCUT2D eigenvalue weighted by atomic mass is 32.2. The number of piperidine rings is 1. The smallest absolute Gasteiger partial charge is 0.337 e. The average Bonchev–Trinajstić information content (AvgIpc) is 2.79. The third-order valence-electron chi connectivity index (χ3n) is 4.93. The van der Waals surface area contributed by atoms with Gasteiger partial charge in [0.2, 0.25) is 10.0 Å². The van der Waals surface area contributed by atoms with Crippen LogP contribution < -0.4 is 10.1 Å². The molecule has 0 aromatic heterocycles. The summed E-state index contributed by atoms with van der Waals surface area (Å²) in [5.74, 6) is -0.741. The highest BCUT2D eigenvalue weighted by molar-refractivity contribution is 7.89. The lowest BCUT2D eigenvalue weighted by Crippen LogP contribution is -2.35. The van der Waals surface area contributed by atoms with Gasteiger partial charge in [-0.15, -0.1) is 0 Å². The van der Waals surface area contributed by atoms with Crippen molar-refractivity contribution in [2.75, 3.05) is 32.6 Å². The van der Waals surface area contributed by atoms with Gasteiger partial charge in [-0.25, -0.2) is 13.2 Å². The summed E-state index contributed by atoms with van der Waals surface area (Å²) in [4.78, 5) is 24.4. The van der Waals surface area contributed by atoms with Gasteiger partial charge in [0.15, 0.2) is 0 Å². The molecule has 0 unspecified atom stereocenters. The number of nitrogens with one attached hydrogen (secondary N) is 1. The fourth-order valence-electron chi connectivity index (χ4n) is 3.29. The SMILES string of the molecule is COC(=O)c1ccc(NC(=O)c2cc(S(=O)(=O)N3CCCCC3)ccc2OC)cc1. The van der Waals surface area contributed by atoms with Crippen LogP contribution >= 0.6 is 0 Å². The second kappa shape index (κ2) is 9.27. The van der Waals surface area contributed by atoms with Crippen LogP contribution in [-0.2, 0) is 14.8 Å². The summed E-state index contributed by atoms with van der Waals surface area (Å²) in [5.41, 5.74) is 0.898. The molecular formula is C21H24N2O6S. The summed E-state index contributed by atoms with van der Waals surface area (Å²) in [6.07, 6.45) is 2.66. The maximum Gasteiger partial charge on any atom is 0.337 e. The van der Waals surface area contributed by atoms with E-state index in [-0.39, 0.29) is 16.2 Å². The minimum atomic E-state index is -3.69. The molecule has 0 aliphatic carbocycles. The quantitative estimate of drug-likeness (QED) is 0.704. The van der Waals surface area contributed by atoms with Crippen LogP contribution in [0.5, 0.6) is 5.75 Å². The van der Waals surface area contributed by atoms with Crippen molar-refractivity contribution in [2.45, 2.75) is 24.2 Å². The third-order valence-corrected chi connectivity index (χ3v) is 6.83. The van der Waals surface area contributed by atoms with Crippen LogP contribution in [-0.4, -0.2) is 51.9 Å². The standard InChI is InChI=1S/C21H24N2O6S/c1-28-19-11-10-17(30(26,27)23-12-4-3-5-13-23)14-18(19)20(24)22-16-8-6-15(7-9-16)21(25)29-2/h6-11,14H,3-5,12-13H2,1-2H3,(H,22,24). The number of nitrogens with zero attached hydrogens (tertiary/aromatic N) is 1. The van der Waals surface area contributed by atoms with Gasteiger partial charge in [-0.3, -0.25) is 4.79 Å². The van der Waals surface area contributed by atoms with Crippen LogP contribution in [0, 0.1) is 0 Å². The summed E-state index contributed by atoms with van der Waals surface area (Å²) < 4.78 is 37.3. The molecule has 1 fully saturated rings. The molecule has 30 heavy (non-hydrogen) atoms. The van der Waals surface area contributed by atoms with E-state index >= 15 is 0 Å². The van der Waals surface area contributed by atoms with E-state index in [1.807, 2.05) is 0 Å². The van der Waals surface area contributed by atoms with Crippen LogP contribution in [0.2, 0.25) is 0 Å².